The van der Waals surface area contributed by atoms with Gasteiger partial charge < -0.3 is 10.1 Å². The molecule has 1 rings (SSSR count). The summed E-state index contributed by atoms with van der Waals surface area (Å²) in [4.78, 5) is 23.1. The van der Waals surface area contributed by atoms with Crippen LogP contribution in [0, 0.1) is 0 Å². The van der Waals surface area contributed by atoms with Crippen LogP contribution in [0.5, 0.6) is 0 Å². The van der Waals surface area contributed by atoms with E-state index in [0.717, 1.165) is 0 Å². The number of hydrogen-bond acceptors (Lipinski definition) is 7. The molecule has 0 atom stereocenters. The summed E-state index contributed by atoms with van der Waals surface area (Å²) in [5.41, 5.74) is 5.21. The summed E-state index contributed by atoms with van der Waals surface area (Å²) in [6, 6.07) is 6.10. The number of benzene rings is 1. The second-order valence-electron chi connectivity index (χ2n) is 5.33. The fourth-order valence-electron chi connectivity index (χ4n) is 1.38. The van der Waals surface area contributed by atoms with Gasteiger partial charge in [-0.3, -0.25) is 14.4 Å². The van der Waals surface area contributed by atoms with Gasteiger partial charge >= 0.3 is 6.09 Å². The van der Waals surface area contributed by atoms with Crippen molar-refractivity contribution in [2.24, 2.45) is 0 Å². The van der Waals surface area contributed by atoms with Crippen LogP contribution >= 0.6 is 0 Å². The molecule has 0 saturated carbocycles. The lowest BCUT2D eigenvalue weighted by atomic mass is 10.2. The molecule has 0 fully saturated rings. The smallest absolute Gasteiger partial charge is 0.426 e. The van der Waals surface area contributed by atoms with Crippen LogP contribution in [0.1, 0.15) is 31.1 Å². The highest BCUT2D eigenvalue weighted by molar-refractivity contribution is 7.67. The largest absolute Gasteiger partial charge is 0.443 e. The number of hydrogen-bond donors (Lipinski definition) is 4. The first kappa shape index (κ1) is 18.7. The number of nitrogens with one attached hydrogen (secondary N) is 3. The molecule has 0 aromatic heterocycles. The first-order valence-electron chi connectivity index (χ1n) is 6.58. The fraction of sp³-hybridized carbons (Fsp3) is 0.385. The topological polar surface area (TPSA) is 123 Å². The maximum Gasteiger partial charge on any atom is 0.426 e. The van der Waals surface area contributed by atoms with Gasteiger partial charge in [0.15, 0.2) is 0 Å². The lowest BCUT2D eigenvalue weighted by Gasteiger charge is -2.20. The van der Waals surface area contributed by atoms with E-state index in [4.69, 9.17) is 4.74 Å². The summed E-state index contributed by atoms with van der Waals surface area (Å²) >= 11 is 0. The summed E-state index contributed by atoms with van der Waals surface area (Å²) in [7, 11) is -3.00. The van der Waals surface area contributed by atoms with Crippen LogP contribution in [0.2, 0.25) is 0 Å². The SMILES string of the molecule is CC(C)(C)OC(=O)NNc1ccc(C(=O)NCO[SH](=O)=O)cc1. The predicted molar refractivity (Wildman–Crippen MR) is 83.2 cm³/mol. The molecule has 9 nitrogen and oxygen atoms in total. The molecule has 3 N–H and O–H groups in total. The first-order valence-corrected chi connectivity index (χ1v) is 7.67. The summed E-state index contributed by atoms with van der Waals surface area (Å²) in [6.45, 7) is 4.80. The van der Waals surface area contributed by atoms with Crippen molar-refractivity contribution in [3.05, 3.63) is 29.8 Å². The molecule has 0 spiro atoms. The van der Waals surface area contributed by atoms with Crippen LogP contribution in [0.25, 0.3) is 0 Å². The van der Waals surface area contributed by atoms with Crippen LogP contribution in [0.15, 0.2) is 24.3 Å². The van der Waals surface area contributed by atoms with Crippen molar-refractivity contribution < 1.29 is 26.9 Å². The molecule has 23 heavy (non-hydrogen) atoms. The zero-order valence-electron chi connectivity index (χ0n) is 12.9. The van der Waals surface area contributed by atoms with Crippen molar-refractivity contribution in [3.8, 4) is 0 Å². The van der Waals surface area contributed by atoms with E-state index in [1.54, 1.807) is 32.9 Å². The lowest BCUT2D eigenvalue weighted by molar-refractivity contribution is 0.0540. The summed E-state index contributed by atoms with van der Waals surface area (Å²) in [6.07, 6.45) is -0.636. The van der Waals surface area contributed by atoms with Crippen LogP contribution in [-0.2, 0) is 19.9 Å². The average Bonchev–Trinajstić information content (AvgIpc) is 2.43. The van der Waals surface area contributed by atoms with E-state index in [0.29, 0.717) is 11.3 Å². The monoisotopic (exact) mass is 345 g/mol. The number of amides is 2. The average molecular weight is 345 g/mol. The number of ether oxygens (including phenoxy) is 1. The van der Waals surface area contributed by atoms with Crippen LogP contribution in [0.3, 0.4) is 0 Å². The minimum atomic E-state index is -3.00. The minimum Gasteiger partial charge on any atom is -0.443 e. The molecule has 0 bridgehead atoms. The Morgan fingerprint density at radius 1 is 1.13 bits per heavy atom. The number of rotatable bonds is 6. The molecule has 10 heteroatoms. The van der Waals surface area contributed by atoms with Crippen LogP contribution in [-0.4, -0.2) is 32.8 Å². The highest BCUT2D eigenvalue weighted by Crippen LogP contribution is 2.09. The van der Waals surface area contributed by atoms with Gasteiger partial charge in [-0.1, -0.05) is 0 Å². The van der Waals surface area contributed by atoms with Crippen molar-refractivity contribution >= 4 is 28.7 Å². The third-order valence-corrected chi connectivity index (χ3v) is 2.60. The van der Waals surface area contributed by atoms with Crippen LogP contribution < -0.4 is 16.2 Å². The number of hydrazine groups is 1. The Morgan fingerprint density at radius 3 is 2.26 bits per heavy atom. The van der Waals surface area contributed by atoms with E-state index in [1.807, 2.05) is 0 Å². The van der Waals surface area contributed by atoms with Crippen LogP contribution in [0.4, 0.5) is 10.5 Å². The van der Waals surface area contributed by atoms with Crippen molar-refractivity contribution in [1.82, 2.24) is 10.7 Å². The van der Waals surface area contributed by atoms with E-state index in [2.05, 4.69) is 20.4 Å². The van der Waals surface area contributed by atoms with Crippen molar-refractivity contribution in [2.45, 2.75) is 26.4 Å². The minimum absolute atomic E-state index is 0.303. The molecule has 128 valence electrons. The van der Waals surface area contributed by atoms with E-state index in [1.165, 1.54) is 12.1 Å². The Bertz CT molecular complexity index is 614. The van der Waals surface area contributed by atoms with Gasteiger partial charge in [-0.25, -0.2) is 18.6 Å². The molecule has 0 saturated heterocycles. The molecule has 2 amide bonds. The van der Waals surface area contributed by atoms with Gasteiger partial charge in [0.2, 0.25) is 0 Å². The maximum atomic E-state index is 11.7. The Morgan fingerprint density at radius 2 is 1.74 bits per heavy atom. The second-order valence-corrected chi connectivity index (χ2v) is 6.04. The zero-order chi connectivity index (χ0) is 17.5. The predicted octanol–water partition coefficient (Wildman–Crippen LogP) is 0.768. The van der Waals surface area contributed by atoms with Gasteiger partial charge in [0.05, 0.1) is 5.69 Å². The highest BCUT2D eigenvalue weighted by atomic mass is 32.2. The fourth-order valence-corrected chi connectivity index (χ4v) is 1.55. The number of carbonyl (C=O) groups is 2. The standard InChI is InChI=1S/C13H19N3O6S/c1-13(2,3)22-12(18)16-15-10-6-4-9(5-7-10)11(17)14-8-21-23(19)20/h4-7,15,23H,8H2,1-3H3,(H,14,17)(H,16,18). The number of thiol groups is 1. The zero-order valence-corrected chi connectivity index (χ0v) is 13.8. The third kappa shape index (κ3) is 8.02. The summed E-state index contributed by atoms with van der Waals surface area (Å²) in [5, 5.41) is 2.27. The Kier molecular flexibility index (Phi) is 6.79. The van der Waals surface area contributed by atoms with E-state index >= 15 is 0 Å². The molecule has 0 unspecified atom stereocenters. The normalized spacial score (nSPS) is 11.0. The van der Waals surface area contributed by atoms with Crippen molar-refractivity contribution in [3.63, 3.8) is 0 Å². The van der Waals surface area contributed by atoms with Gasteiger partial charge in [0.1, 0.15) is 12.3 Å². The second kappa shape index (κ2) is 8.34. The number of carbonyl (C=O) groups excluding carboxylic acids is 2. The summed E-state index contributed by atoms with van der Waals surface area (Å²) in [5.74, 6) is -0.492. The van der Waals surface area contributed by atoms with Gasteiger partial charge in [-0.15, -0.1) is 0 Å². The molecular weight excluding hydrogens is 326 g/mol. The molecule has 1 aromatic rings. The van der Waals surface area contributed by atoms with E-state index in [9.17, 15) is 18.0 Å². The Labute approximate surface area is 135 Å². The molecular formula is C13H19N3O6S. The van der Waals surface area contributed by atoms with E-state index < -0.39 is 35.3 Å². The summed E-state index contributed by atoms with van der Waals surface area (Å²) < 4.78 is 29.6. The van der Waals surface area contributed by atoms with Crippen molar-refractivity contribution in [2.75, 3.05) is 12.2 Å². The third-order valence-electron chi connectivity index (χ3n) is 2.26. The van der Waals surface area contributed by atoms with Gasteiger partial charge in [0, 0.05) is 5.56 Å². The molecule has 0 aliphatic carbocycles. The lowest BCUT2D eigenvalue weighted by Crippen LogP contribution is -2.35. The first-order chi connectivity index (χ1) is 10.7. The molecule has 0 aliphatic heterocycles. The van der Waals surface area contributed by atoms with Crippen molar-refractivity contribution in [1.29, 1.82) is 0 Å². The molecule has 0 heterocycles. The Balaban J connectivity index is 2.47. The quantitative estimate of drug-likeness (QED) is 0.341. The Hall–Kier alpha value is -2.33. The maximum absolute atomic E-state index is 11.7. The van der Waals surface area contributed by atoms with Gasteiger partial charge in [-0.2, -0.15) is 0 Å². The molecule has 0 aliphatic rings. The highest BCUT2D eigenvalue weighted by Gasteiger charge is 2.15. The van der Waals surface area contributed by atoms with Gasteiger partial charge in [0.25, 0.3) is 16.9 Å². The number of anilines is 1. The molecule has 0 radical (unpaired) electrons. The molecule has 1 aromatic carbocycles. The van der Waals surface area contributed by atoms with Gasteiger partial charge in [-0.05, 0) is 45.0 Å². The van der Waals surface area contributed by atoms with E-state index in [-0.39, 0.29) is 0 Å².